The van der Waals surface area contributed by atoms with Gasteiger partial charge in [-0.3, -0.25) is 0 Å². The van der Waals surface area contributed by atoms with Crippen LogP contribution in [0.5, 0.6) is 5.75 Å². The second kappa shape index (κ2) is 4.50. The number of piperidine rings is 1. The number of rotatable bonds is 2. The molecule has 0 aromatic heterocycles. The van der Waals surface area contributed by atoms with E-state index in [1.54, 1.807) is 7.11 Å². The summed E-state index contributed by atoms with van der Waals surface area (Å²) >= 11 is 0. The Kier molecular flexibility index (Phi) is 3.06. The van der Waals surface area contributed by atoms with Gasteiger partial charge in [0.05, 0.1) is 7.11 Å². The maximum absolute atomic E-state index is 5.42. The quantitative estimate of drug-likeness (QED) is 0.877. The fourth-order valence-electron chi connectivity index (χ4n) is 4.11. The number of ether oxygens (including phenoxy) is 1. The number of methoxy groups -OCH3 is 1. The normalized spacial score (nSPS) is 33.9. The lowest BCUT2D eigenvalue weighted by Crippen LogP contribution is -2.65. The molecule has 19 heavy (non-hydrogen) atoms. The monoisotopic (exact) mass is 260 g/mol. The molecular formula is C16H24N2O. The lowest BCUT2D eigenvalue weighted by Gasteiger charge is -2.54. The number of hydrogen-bond acceptors (Lipinski definition) is 3. The first-order valence-corrected chi connectivity index (χ1v) is 7.15. The highest BCUT2D eigenvalue weighted by atomic mass is 16.5. The zero-order chi connectivity index (χ0) is 13.6. The molecule has 0 amide bonds. The summed E-state index contributed by atoms with van der Waals surface area (Å²) in [6, 6.07) is 7.72. The van der Waals surface area contributed by atoms with Crippen LogP contribution >= 0.6 is 0 Å². The Morgan fingerprint density at radius 3 is 2.89 bits per heavy atom. The van der Waals surface area contributed by atoms with Gasteiger partial charge in [-0.1, -0.05) is 13.0 Å². The number of nitrogens with zero attached hydrogens (tertiary/aromatic N) is 1. The molecule has 2 bridgehead atoms. The molecule has 0 radical (unpaired) electrons. The number of likely N-dealkylation sites (N-methyl/N-ethyl adjacent to an activating group) is 2. The summed E-state index contributed by atoms with van der Waals surface area (Å²) in [5, 5.41) is 3.57. The third-order valence-corrected chi connectivity index (χ3v) is 5.29. The zero-order valence-electron chi connectivity index (χ0n) is 12.4. The maximum atomic E-state index is 5.42. The minimum absolute atomic E-state index is 0.216. The maximum Gasteiger partial charge on any atom is 0.119 e. The number of likely N-dealkylation sites (tertiary alicyclic amines) is 1. The molecule has 2 aliphatic rings. The molecule has 3 heteroatoms. The molecule has 0 unspecified atom stereocenters. The Balaban J connectivity index is 2.13. The summed E-state index contributed by atoms with van der Waals surface area (Å²) in [6.07, 6.45) is 2.34. The lowest BCUT2D eigenvalue weighted by atomic mass is 9.62. The molecule has 3 nitrogen and oxygen atoms in total. The summed E-state index contributed by atoms with van der Waals surface area (Å²) < 4.78 is 5.42. The van der Waals surface area contributed by atoms with Gasteiger partial charge in [0.15, 0.2) is 0 Å². The second-order valence-electron chi connectivity index (χ2n) is 6.21. The van der Waals surface area contributed by atoms with Crippen LogP contribution in [0.25, 0.3) is 0 Å². The number of benzene rings is 1. The van der Waals surface area contributed by atoms with Crippen LogP contribution in [0.3, 0.4) is 0 Å². The molecule has 1 aliphatic carbocycles. The van der Waals surface area contributed by atoms with Gasteiger partial charge in [-0.25, -0.2) is 0 Å². The van der Waals surface area contributed by atoms with Gasteiger partial charge in [-0.05, 0) is 56.7 Å². The van der Waals surface area contributed by atoms with Crippen molar-refractivity contribution in [3.8, 4) is 5.75 Å². The van der Waals surface area contributed by atoms with E-state index in [4.69, 9.17) is 4.74 Å². The van der Waals surface area contributed by atoms with Crippen molar-refractivity contribution in [2.24, 2.45) is 0 Å². The topological polar surface area (TPSA) is 24.5 Å². The van der Waals surface area contributed by atoms with Crippen molar-refractivity contribution < 1.29 is 4.74 Å². The standard InChI is InChI=1S/C16H24N2O/c1-16-7-8-18(3)14(15(16)17-2)9-11-5-6-12(19-4)10-13(11)16/h5-6,10,14-15,17H,7-9H2,1-4H3/t14-,15+,16-/m1/s1. The first kappa shape index (κ1) is 12.9. The molecule has 1 aromatic carbocycles. The van der Waals surface area contributed by atoms with Gasteiger partial charge >= 0.3 is 0 Å². The van der Waals surface area contributed by atoms with Gasteiger partial charge in [0, 0.05) is 17.5 Å². The molecule has 1 heterocycles. The van der Waals surface area contributed by atoms with Crippen LogP contribution < -0.4 is 10.1 Å². The Hall–Kier alpha value is -1.06. The molecule has 1 saturated heterocycles. The Morgan fingerprint density at radius 2 is 2.21 bits per heavy atom. The summed E-state index contributed by atoms with van der Waals surface area (Å²) in [7, 11) is 6.10. The highest BCUT2D eigenvalue weighted by molar-refractivity contribution is 5.45. The van der Waals surface area contributed by atoms with E-state index in [0.29, 0.717) is 12.1 Å². The van der Waals surface area contributed by atoms with Crippen LogP contribution in [0.4, 0.5) is 0 Å². The SMILES string of the molecule is CN[C@H]1[C@H]2Cc3ccc(OC)cc3[C@@]1(C)CCN2C. The molecular weight excluding hydrogens is 236 g/mol. The molecule has 1 aliphatic heterocycles. The third-order valence-electron chi connectivity index (χ3n) is 5.29. The van der Waals surface area contributed by atoms with E-state index in [1.807, 2.05) is 0 Å². The molecule has 0 saturated carbocycles. The van der Waals surface area contributed by atoms with Crippen LogP contribution in [0, 0.1) is 0 Å². The van der Waals surface area contributed by atoms with Crippen molar-refractivity contribution in [1.29, 1.82) is 0 Å². The second-order valence-corrected chi connectivity index (χ2v) is 6.21. The average molecular weight is 260 g/mol. The molecule has 104 valence electrons. The average Bonchev–Trinajstić information content (AvgIpc) is 2.43. The molecule has 1 fully saturated rings. The zero-order valence-corrected chi connectivity index (χ0v) is 12.4. The molecule has 0 spiro atoms. The molecule has 3 rings (SSSR count). The van der Waals surface area contributed by atoms with Gasteiger partial charge in [0.2, 0.25) is 0 Å². The molecule has 1 aromatic rings. The van der Waals surface area contributed by atoms with E-state index < -0.39 is 0 Å². The summed E-state index contributed by atoms with van der Waals surface area (Å²) in [4.78, 5) is 2.51. The van der Waals surface area contributed by atoms with E-state index in [9.17, 15) is 0 Å². The summed E-state index contributed by atoms with van der Waals surface area (Å²) in [5.41, 5.74) is 3.19. The first-order valence-electron chi connectivity index (χ1n) is 7.15. The lowest BCUT2D eigenvalue weighted by molar-refractivity contribution is 0.0701. The van der Waals surface area contributed by atoms with Gasteiger partial charge in [-0.2, -0.15) is 0 Å². The van der Waals surface area contributed by atoms with Crippen LogP contribution in [0.15, 0.2) is 18.2 Å². The van der Waals surface area contributed by atoms with Gasteiger partial charge in [0.1, 0.15) is 5.75 Å². The van der Waals surface area contributed by atoms with E-state index in [2.05, 4.69) is 49.4 Å². The predicted molar refractivity (Wildman–Crippen MR) is 77.9 cm³/mol. The van der Waals surface area contributed by atoms with E-state index in [1.165, 1.54) is 24.1 Å². The Bertz CT molecular complexity index is 488. The van der Waals surface area contributed by atoms with Crippen molar-refractivity contribution in [3.63, 3.8) is 0 Å². The number of nitrogens with one attached hydrogen (secondary N) is 1. The van der Waals surface area contributed by atoms with Crippen LogP contribution in [0.1, 0.15) is 24.5 Å². The van der Waals surface area contributed by atoms with Crippen LogP contribution in [-0.4, -0.2) is 44.7 Å². The largest absolute Gasteiger partial charge is 0.497 e. The van der Waals surface area contributed by atoms with Crippen molar-refractivity contribution in [2.45, 2.75) is 37.3 Å². The fraction of sp³-hybridized carbons (Fsp3) is 0.625. The molecule has 1 N–H and O–H groups in total. The first-order chi connectivity index (χ1) is 9.10. The third kappa shape index (κ3) is 1.79. The van der Waals surface area contributed by atoms with E-state index in [-0.39, 0.29) is 5.41 Å². The summed E-state index contributed by atoms with van der Waals surface area (Å²) in [5.74, 6) is 0.979. The fourth-order valence-corrected chi connectivity index (χ4v) is 4.11. The van der Waals surface area contributed by atoms with Crippen molar-refractivity contribution in [3.05, 3.63) is 29.3 Å². The van der Waals surface area contributed by atoms with Crippen LogP contribution in [0.2, 0.25) is 0 Å². The molecule has 3 atom stereocenters. The number of hydrogen-bond donors (Lipinski definition) is 1. The Morgan fingerprint density at radius 1 is 1.42 bits per heavy atom. The summed E-state index contributed by atoms with van der Waals surface area (Å²) in [6.45, 7) is 3.58. The number of fused-ring (bicyclic) bond motifs is 4. The highest BCUT2D eigenvalue weighted by Gasteiger charge is 2.49. The van der Waals surface area contributed by atoms with Gasteiger partial charge in [-0.15, -0.1) is 0 Å². The van der Waals surface area contributed by atoms with Crippen molar-refractivity contribution >= 4 is 0 Å². The van der Waals surface area contributed by atoms with E-state index >= 15 is 0 Å². The predicted octanol–water partition coefficient (Wildman–Crippen LogP) is 1.80. The van der Waals surface area contributed by atoms with Gasteiger partial charge < -0.3 is 15.0 Å². The van der Waals surface area contributed by atoms with Crippen LogP contribution in [-0.2, 0) is 11.8 Å². The Labute approximate surface area is 115 Å². The van der Waals surface area contributed by atoms with Crippen molar-refractivity contribution in [1.82, 2.24) is 10.2 Å². The van der Waals surface area contributed by atoms with E-state index in [0.717, 1.165) is 12.2 Å². The smallest absolute Gasteiger partial charge is 0.119 e. The minimum Gasteiger partial charge on any atom is -0.497 e. The minimum atomic E-state index is 0.216. The van der Waals surface area contributed by atoms with Crippen molar-refractivity contribution in [2.75, 3.05) is 27.7 Å². The highest BCUT2D eigenvalue weighted by Crippen LogP contribution is 2.45. The van der Waals surface area contributed by atoms with Gasteiger partial charge in [0.25, 0.3) is 0 Å².